The van der Waals surface area contributed by atoms with Gasteiger partial charge in [0, 0.05) is 6.54 Å². The van der Waals surface area contributed by atoms with Crippen molar-refractivity contribution in [3.63, 3.8) is 0 Å². The molecule has 1 aromatic carbocycles. The van der Waals surface area contributed by atoms with Crippen molar-refractivity contribution in [3.05, 3.63) is 23.8 Å². The fourth-order valence-electron chi connectivity index (χ4n) is 1.73. The molecule has 0 aliphatic rings. The van der Waals surface area contributed by atoms with E-state index in [1.54, 1.807) is 6.07 Å². The molecule has 0 atom stereocenters. The second-order valence-electron chi connectivity index (χ2n) is 4.28. The van der Waals surface area contributed by atoms with Crippen molar-refractivity contribution < 1.29 is 14.6 Å². The Balaban J connectivity index is 2.71. The summed E-state index contributed by atoms with van der Waals surface area (Å²) in [6.45, 7) is 4.83. The minimum absolute atomic E-state index is 0.0298. The number of aromatic hydroxyl groups is 1. The lowest BCUT2D eigenvalue weighted by atomic mass is 10.0. The first-order valence-corrected chi connectivity index (χ1v) is 6.27. The molecule has 0 radical (unpaired) electrons. The molecule has 0 saturated heterocycles. The third-order valence-corrected chi connectivity index (χ3v) is 3.15. The highest BCUT2D eigenvalue weighted by Gasteiger charge is 2.13. The van der Waals surface area contributed by atoms with Gasteiger partial charge in [0.15, 0.2) is 0 Å². The van der Waals surface area contributed by atoms with Crippen LogP contribution in [0.1, 0.15) is 37.0 Å². The summed E-state index contributed by atoms with van der Waals surface area (Å²) in [4.78, 5) is 11.9. The molecular formula is C14H21NO3. The van der Waals surface area contributed by atoms with Gasteiger partial charge in [-0.1, -0.05) is 26.7 Å². The number of hydrogen-bond acceptors (Lipinski definition) is 3. The Labute approximate surface area is 108 Å². The van der Waals surface area contributed by atoms with E-state index in [2.05, 4.69) is 19.2 Å². The van der Waals surface area contributed by atoms with Gasteiger partial charge in [-0.2, -0.15) is 0 Å². The molecule has 0 saturated carbocycles. The normalized spacial score (nSPS) is 10.4. The van der Waals surface area contributed by atoms with Crippen LogP contribution in [0.5, 0.6) is 11.5 Å². The van der Waals surface area contributed by atoms with Crippen LogP contribution in [0.15, 0.2) is 18.2 Å². The number of methoxy groups -OCH3 is 1. The number of ether oxygens (including phenoxy) is 1. The first kappa shape index (κ1) is 14.4. The zero-order chi connectivity index (χ0) is 13.5. The van der Waals surface area contributed by atoms with E-state index in [0.29, 0.717) is 18.2 Å². The van der Waals surface area contributed by atoms with Gasteiger partial charge in [-0.3, -0.25) is 4.79 Å². The van der Waals surface area contributed by atoms with Gasteiger partial charge >= 0.3 is 0 Å². The molecular weight excluding hydrogens is 230 g/mol. The Hall–Kier alpha value is -1.71. The van der Waals surface area contributed by atoms with Crippen LogP contribution in [0.25, 0.3) is 0 Å². The molecule has 0 bridgehead atoms. The molecule has 0 aliphatic heterocycles. The van der Waals surface area contributed by atoms with E-state index in [-0.39, 0.29) is 17.2 Å². The van der Waals surface area contributed by atoms with Gasteiger partial charge in [0.1, 0.15) is 11.5 Å². The molecule has 1 amide bonds. The van der Waals surface area contributed by atoms with Gasteiger partial charge in [-0.05, 0) is 24.1 Å². The summed E-state index contributed by atoms with van der Waals surface area (Å²) in [6.07, 6.45) is 2.06. The third-order valence-electron chi connectivity index (χ3n) is 3.15. The van der Waals surface area contributed by atoms with Gasteiger partial charge in [-0.25, -0.2) is 0 Å². The van der Waals surface area contributed by atoms with Gasteiger partial charge in [0.25, 0.3) is 5.91 Å². The molecule has 0 fully saturated rings. The zero-order valence-electron chi connectivity index (χ0n) is 11.2. The number of carbonyl (C=O) groups excluding carboxylic acids is 1. The number of hydrogen-bond donors (Lipinski definition) is 2. The lowest BCUT2D eigenvalue weighted by Crippen LogP contribution is -2.28. The molecule has 0 aliphatic carbocycles. The average molecular weight is 251 g/mol. The number of amides is 1. The number of phenols is 1. The highest BCUT2D eigenvalue weighted by Crippen LogP contribution is 2.22. The second kappa shape index (κ2) is 6.89. The number of carbonyl (C=O) groups is 1. The van der Waals surface area contributed by atoms with Crippen LogP contribution in [0.3, 0.4) is 0 Å². The van der Waals surface area contributed by atoms with Crippen molar-refractivity contribution in [2.75, 3.05) is 13.7 Å². The van der Waals surface area contributed by atoms with E-state index < -0.39 is 0 Å². The Morgan fingerprint density at radius 3 is 2.61 bits per heavy atom. The SMILES string of the molecule is CCC(CC)CNC(=O)c1cc(OC)ccc1O. The van der Waals surface area contributed by atoms with E-state index in [1.165, 1.54) is 19.2 Å². The molecule has 1 rings (SSSR count). The monoisotopic (exact) mass is 251 g/mol. The summed E-state index contributed by atoms with van der Waals surface area (Å²) in [5, 5.41) is 12.5. The fourth-order valence-corrected chi connectivity index (χ4v) is 1.73. The van der Waals surface area contributed by atoms with Crippen LogP contribution >= 0.6 is 0 Å². The number of phenolic OH excluding ortho intramolecular Hbond substituents is 1. The Kier molecular flexibility index (Phi) is 5.49. The standard InChI is InChI=1S/C14H21NO3/c1-4-10(5-2)9-15-14(17)12-8-11(18-3)6-7-13(12)16/h6-8,10,16H,4-5,9H2,1-3H3,(H,15,17). The minimum atomic E-state index is -0.265. The van der Waals surface area contributed by atoms with Crippen LogP contribution in [-0.4, -0.2) is 24.7 Å². The van der Waals surface area contributed by atoms with E-state index in [1.807, 2.05) is 0 Å². The van der Waals surface area contributed by atoms with Gasteiger partial charge < -0.3 is 15.2 Å². The number of nitrogens with one attached hydrogen (secondary N) is 1. The first-order valence-electron chi connectivity index (χ1n) is 6.27. The van der Waals surface area contributed by atoms with Crippen molar-refractivity contribution in [3.8, 4) is 11.5 Å². The van der Waals surface area contributed by atoms with E-state index in [9.17, 15) is 9.90 Å². The van der Waals surface area contributed by atoms with Crippen molar-refractivity contribution in [2.45, 2.75) is 26.7 Å². The maximum atomic E-state index is 11.9. The molecule has 0 aromatic heterocycles. The molecule has 1 aromatic rings. The van der Waals surface area contributed by atoms with E-state index >= 15 is 0 Å². The van der Waals surface area contributed by atoms with Crippen molar-refractivity contribution in [2.24, 2.45) is 5.92 Å². The molecule has 4 heteroatoms. The molecule has 0 heterocycles. The highest BCUT2D eigenvalue weighted by molar-refractivity contribution is 5.97. The maximum absolute atomic E-state index is 11.9. The molecule has 100 valence electrons. The second-order valence-corrected chi connectivity index (χ2v) is 4.28. The molecule has 2 N–H and O–H groups in total. The quantitative estimate of drug-likeness (QED) is 0.817. The Morgan fingerprint density at radius 2 is 2.06 bits per heavy atom. The van der Waals surface area contributed by atoms with E-state index in [0.717, 1.165) is 12.8 Å². The molecule has 18 heavy (non-hydrogen) atoms. The first-order chi connectivity index (χ1) is 8.62. The summed E-state index contributed by atoms with van der Waals surface area (Å²) in [6, 6.07) is 4.62. The lowest BCUT2D eigenvalue weighted by Gasteiger charge is -2.14. The summed E-state index contributed by atoms with van der Waals surface area (Å²) in [5.74, 6) is 0.735. The van der Waals surface area contributed by atoms with Crippen molar-refractivity contribution in [1.29, 1.82) is 0 Å². The number of benzene rings is 1. The summed E-state index contributed by atoms with van der Waals surface area (Å²) >= 11 is 0. The molecule has 0 spiro atoms. The maximum Gasteiger partial charge on any atom is 0.255 e. The predicted octanol–water partition coefficient (Wildman–Crippen LogP) is 2.57. The molecule has 0 unspecified atom stereocenters. The predicted molar refractivity (Wildman–Crippen MR) is 71.1 cm³/mol. The van der Waals surface area contributed by atoms with Crippen LogP contribution < -0.4 is 10.1 Å². The fraction of sp³-hybridized carbons (Fsp3) is 0.500. The van der Waals surface area contributed by atoms with Crippen LogP contribution in [0.2, 0.25) is 0 Å². The summed E-state index contributed by atoms with van der Waals surface area (Å²) < 4.78 is 5.04. The Morgan fingerprint density at radius 1 is 1.39 bits per heavy atom. The zero-order valence-corrected chi connectivity index (χ0v) is 11.2. The summed E-state index contributed by atoms with van der Waals surface area (Å²) in [7, 11) is 1.53. The van der Waals surface area contributed by atoms with Crippen LogP contribution in [0, 0.1) is 5.92 Å². The van der Waals surface area contributed by atoms with Crippen LogP contribution in [-0.2, 0) is 0 Å². The average Bonchev–Trinajstić information content (AvgIpc) is 2.40. The van der Waals surface area contributed by atoms with E-state index in [4.69, 9.17) is 4.74 Å². The van der Waals surface area contributed by atoms with Gasteiger partial charge in [0.2, 0.25) is 0 Å². The highest BCUT2D eigenvalue weighted by atomic mass is 16.5. The topological polar surface area (TPSA) is 58.6 Å². The number of rotatable bonds is 6. The smallest absolute Gasteiger partial charge is 0.255 e. The van der Waals surface area contributed by atoms with Crippen LogP contribution in [0.4, 0.5) is 0 Å². The third kappa shape index (κ3) is 3.65. The van der Waals surface area contributed by atoms with Crippen molar-refractivity contribution >= 4 is 5.91 Å². The summed E-state index contributed by atoms with van der Waals surface area (Å²) in [5.41, 5.74) is 0.250. The van der Waals surface area contributed by atoms with Gasteiger partial charge in [0.05, 0.1) is 12.7 Å². The van der Waals surface area contributed by atoms with Gasteiger partial charge in [-0.15, -0.1) is 0 Å². The van der Waals surface area contributed by atoms with Crippen molar-refractivity contribution in [1.82, 2.24) is 5.32 Å². The Bertz CT molecular complexity index is 400. The lowest BCUT2D eigenvalue weighted by molar-refractivity contribution is 0.0943. The largest absolute Gasteiger partial charge is 0.507 e. The minimum Gasteiger partial charge on any atom is -0.507 e. The molecule has 4 nitrogen and oxygen atoms in total.